The standard InChI is InChI=1S/C21H23N3O3S/c1-23(2)28(26,27)18-10-6-15(7-11-18)21(25)24(17-8-9-17)14-16-4-3-5-20-19(16)12-13-22-20/h3-7,10-13,17,22H,8-9,14H2,1-2H3. The van der Waals surface area contributed by atoms with Gasteiger partial charge in [0, 0.05) is 49.3 Å². The molecule has 1 heterocycles. The van der Waals surface area contributed by atoms with E-state index in [-0.39, 0.29) is 16.8 Å². The molecule has 0 atom stereocenters. The molecule has 2 aromatic carbocycles. The number of carbonyl (C=O) groups excluding carboxylic acids is 1. The number of nitrogens with zero attached hydrogens (tertiary/aromatic N) is 2. The van der Waals surface area contributed by atoms with E-state index in [0.717, 1.165) is 33.6 Å². The summed E-state index contributed by atoms with van der Waals surface area (Å²) in [6.07, 6.45) is 3.91. The molecule has 6 nitrogen and oxygen atoms in total. The van der Waals surface area contributed by atoms with E-state index in [0.29, 0.717) is 12.1 Å². The van der Waals surface area contributed by atoms with E-state index in [1.807, 2.05) is 35.4 Å². The third-order valence-electron chi connectivity index (χ3n) is 5.15. The van der Waals surface area contributed by atoms with E-state index in [2.05, 4.69) is 4.98 Å². The number of aromatic nitrogens is 1. The van der Waals surface area contributed by atoms with Crippen LogP contribution >= 0.6 is 0 Å². The van der Waals surface area contributed by atoms with Gasteiger partial charge in [-0.25, -0.2) is 12.7 Å². The number of sulfonamides is 1. The summed E-state index contributed by atoms with van der Waals surface area (Å²) in [5.41, 5.74) is 2.66. The second-order valence-corrected chi connectivity index (χ2v) is 9.48. The van der Waals surface area contributed by atoms with Gasteiger partial charge in [-0.3, -0.25) is 4.79 Å². The number of hydrogen-bond donors (Lipinski definition) is 1. The molecule has 1 saturated carbocycles. The van der Waals surface area contributed by atoms with Crippen LogP contribution in [0.5, 0.6) is 0 Å². The van der Waals surface area contributed by atoms with Gasteiger partial charge in [0.05, 0.1) is 4.90 Å². The van der Waals surface area contributed by atoms with E-state index >= 15 is 0 Å². The van der Waals surface area contributed by atoms with Crippen LogP contribution in [0.25, 0.3) is 10.9 Å². The molecule has 0 spiro atoms. The lowest BCUT2D eigenvalue weighted by Gasteiger charge is -2.23. The minimum absolute atomic E-state index is 0.0659. The first-order chi connectivity index (χ1) is 13.4. The molecule has 28 heavy (non-hydrogen) atoms. The number of amides is 1. The first-order valence-electron chi connectivity index (χ1n) is 9.26. The van der Waals surface area contributed by atoms with Crippen molar-refractivity contribution in [3.8, 4) is 0 Å². The second-order valence-electron chi connectivity index (χ2n) is 7.33. The summed E-state index contributed by atoms with van der Waals surface area (Å²) in [6, 6.07) is 14.5. The van der Waals surface area contributed by atoms with Crippen LogP contribution in [0.2, 0.25) is 0 Å². The van der Waals surface area contributed by atoms with Gasteiger partial charge < -0.3 is 9.88 Å². The lowest BCUT2D eigenvalue weighted by atomic mass is 10.1. The summed E-state index contributed by atoms with van der Waals surface area (Å²) in [5.74, 6) is -0.0659. The third-order valence-corrected chi connectivity index (χ3v) is 6.98. The molecule has 1 aliphatic carbocycles. The van der Waals surface area contributed by atoms with E-state index in [1.165, 1.54) is 26.2 Å². The quantitative estimate of drug-likeness (QED) is 0.694. The Morgan fingerprint density at radius 1 is 1.07 bits per heavy atom. The number of H-pyrrole nitrogens is 1. The Kier molecular flexibility index (Phi) is 4.72. The van der Waals surface area contributed by atoms with E-state index in [4.69, 9.17) is 0 Å². The van der Waals surface area contributed by atoms with Crippen LogP contribution in [0.15, 0.2) is 59.6 Å². The first-order valence-corrected chi connectivity index (χ1v) is 10.7. The molecule has 1 aliphatic rings. The number of fused-ring (bicyclic) bond motifs is 1. The summed E-state index contributed by atoms with van der Waals surface area (Å²) < 4.78 is 25.6. The van der Waals surface area contributed by atoms with Crippen molar-refractivity contribution in [3.63, 3.8) is 0 Å². The fourth-order valence-corrected chi connectivity index (χ4v) is 4.27. The normalized spacial score (nSPS) is 14.5. The van der Waals surface area contributed by atoms with Gasteiger partial charge >= 0.3 is 0 Å². The van der Waals surface area contributed by atoms with Crippen molar-refractivity contribution in [2.75, 3.05) is 14.1 Å². The molecule has 0 radical (unpaired) electrons. The highest BCUT2D eigenvalue weighted by molar-refractivity contribution is 7.89. The minimum atomic E-state index is -3.51. The van der Waals surface area contributed by atoms with Crippen LogP contribution in [-0.2, 0) is 16.6 Å². The molecule has 0 saturated heterocycles. The zero-order valence-electron chi connectivity index (χ0n) is 15.9. The Bertz CT molecular complexity index is 1110. The monoisotopic (exact) mass is 397 g/mol. The van der Waals surface area contributed by atoms with Gasteiger partial charge in [0.1, 0.15) is 0 Å². The summed E-state index contributed by atoms with van der Waals surface area (Å²) in [4.78, 5) is 18.4. The van der Waals surface area contributed by atoms with Crippen LogP contribution in [0.1, 0.15) is 28.8 Å². The predicted octanol–water partition coefficient (Wildman–Crippen LogP) is 3.22. The van der Waals surface area contributed by atoms with Gasteiger partial charge in [0.2, 0.25) is 10.0 Å². The maximum Gasteiger partial charge on any atom is 0.254 e. The highest BCUT2D eigenvalue weighted by Crippen LogP contribution is 2.31. The van der Waals surface area contributed by atoms with Crippen LogP contribution < -0.4 is 0 Å². The number of aromatic amines is 1. The molecular formula is C21H23N3O3S. The molecule has 0 aliphatic heterocycles. The second kappa shape index (κ2) is 7.07. The van der Waals surface area contributed by atoms with Crippen LogP contribution in [-0.4, -0.2) is 48.7 Å². The average molecular weight is 398 g/mol. The molecule has 146 valence electrons. The Balaban J connectivity index is 1.60. The van der Waals surface area contributed by atoms with E-state index in [9.17, 15) is 13.2 Å². The van der Waals surface area contributed by atoms with Gasteiger partial charge in [0.15, 0.2) is 0 Å². The Morgan fingerprint density at radius 2 is 1.79 bits per heavy atom. The molecule has 1 amide bonds. The third kappa shape index (κ3) is 3.43. The topological polar surface area (TPSA) is 73.5 Å². The predicted molar refractivity (Wildman–Crippen MR) is 109 cm³/mol. The zero-order chi connectivity index (χ0) is 19.9. The van der Waals surface area contributed by atoms with Crippen molar-refractivity contribution in [3.05, 3.63) is 65.9 Å². The maximum absolute atomic E-state index is 13.2. The molecule has 7 heteroatoms. The average Bonchev–Trinajstić information content (AvgIpc) is 3.41. The van der Waals surface area contributed by atoms with Crippen molar-refractivity contribution in [2.24, 2.45) is 0 Å². The van der Waals surface area contributed by atoms with Crippen molar-refractivity contribution in [1.29, 1.82) is 0 Å². The minimum Gasteiger partial charge on any atom is -0.361 e. The lowest BCUT2D eigenvalue weighted by molar-refractivity contribution is 0.0730. The van der Waals surface area contributed by atoms with Crippen molar-refractivity contribution >= 4 is 26.8 Å². The van der Waals surface area contributed by atoms with Gasteiger partial charge in [-0.15, -0.1) is 0 Å². The molecule has 0 unspecified atom stereocenters. The fraction of sp³-hybridized carbons (Fsp3) is 0.286. The van der Waals surface area contributed by atoms with Crippen LogP contribution in [0.4, 0.5) is 0 Å². The lowest BCUT2D eigenvalue weighted by Crippen LogP contribution is -2.32. The molecule has 1 aromatic heterocycles. The van der Waals surface area contributed by atoms with E-state index < -0.39 is 10.0 Å². The Labute approximate surface area is 164 Å². The number of nitrogens with one attached hydrogen (secondary N) is 1. The number of hydrogen-bond acceptors (Lipinski definition) is 3. The van der Waals surface area contributed by atoms with E-state index in [1.54, 1.807) is 12.1 Å². The van der Waals surface area contributed by atoms with Crippen molar-refractivity contribution in [2.45, 2.75) is 30.3 Å². The van der Waals surface area contributed by atoms with Gasteiger partial charge in [-0.05, 0) is 54.8 Å². The first kappa shape index (κ1) is 18.7. The molecular weight excluding hydrogens is 374 g/mol. The zero-order valence-corrected chi connectivity index (χ0v) is 16.7. The summed E-state index contributed by atoms with van der Waals surface area (Å²) in [6.45, 7) is 0.538. The summed E-state index contributed by atoms with van der Waals surface area (Å²) >= 11 is 0. The van der Waals surface area contributed by atoms with Crippen LogP contribution in [0.3, 0.4) is 0 Å². The number of carbonyl (C=O) groups is 1. The summed E-state index contributed by atoms with van der Waals surface area (Å²) in [5, 5.41) is 1.12. The van der Waals surface area contributed by atoms with Crippen molar-refractivity contribution < 1.29 is 13.2 Å². The molecule has 1 fully saturated rings. The van der Waals surface area contributed by atoms with Crippen molar-refractivity contribution in [1.82, 2.24) is 14.2 Å². The largest absolute Gasteiger partial charge is 0.361 e. The Morgan fingerprint density at radius 3 is 2.43 bits per heavy atom. The molecule has 4 rings (SSSR count). The number of benzene rings is 2. The molecule has 0 bridgehead atoms. The molecule has 3 aromatic rings. The molecule has 1 N–H and O–H groups in total. The highest BCUT2D eigenvalue weighted by Gasteiger charge is 2.33. The van der Waals surface area contributed by atoms with Gasteiger partial charge in [-0.2, -0.15) is 0 Å². The SMILES string of the molecule is CN(C)S(=O)(=O)c1ccc(C(=O)N(Cc2cccc3[nH]ccc23)C2CC2)cc1. The van der Waals surface area contributed by atoms with Gasteiger partial charge in [-0.1, -0.05) is 12.1 Å². The van der Waals surface area contributed by atoms with Gasteiger partial charge in [0.25, 0.3) is 5.91 Å². The fourth-order valence-electron chi connectivity index (χ4n) is 3.37. The highest BCUT2D eigenvalue weighted by atomic mass is 32.2. The number of rotatable bonds is 6. The van der Waals surface area contributed by atoms with Crippen LogP contribution in [0, 0.1) is 0 Å². The smallest absolute Gasteiger partial charge is 0.254 e. The Hall–Kier alpha value is -2.64. The summed E-state index contributed by atoms with van der Waals surface area (Å²) in [7, 11) is -0.523. The maximum atomic E-state index is 13.2.